The summed E-state index contributed by atoms with van der Waals surface area (Å²) in [6, 6.07) is 4.08. The third-order valence-corrected chi connectivity index (χ3v) is 2.04. The van der Waals surface area contributed by atoms with Crippen LogP contribution in [0.15, 0.2) is 29.3 Å². The molecule has 2 aromatic rings. The zero-order chi connectivity index (χ0) is 10.1. The van der Waals surface area contributed by atoms with Crippen LogP contribution in [0.2, 0.25) is 5.02 Å². The lowest BCUT2D eigenvalue weighted by Gasteiger charge is -2.00. The monoisotopic (exact) mass is 213 g/mol. The van der Waals surface area contributed by atoms with E-state index in [0.29, 0.717) is 5.69 Å². The molecule has 1 aromatic heterocycles. The Kier molecular flexibility index (Phi) is 2.09. The van der Waals surface area contributed by atoms with E-state index in [0.717, 1.165) is 0 Å². The van der Waals surface area contributed by atoms with Crippen molar-refractivity contribution in [3.63, 3.8) is 0 Å². The molecular formula is C8H5ClFN3O. The number of H-pyrrole nitrogens is 1. The molecule has 0 saturated heterocycles. The summed E-state index contributed by atoms with van der Waals surface area (Å²) in [4.78, 5) is 11.1. The van der Waals surface area contributed by atoms with Gasteiger partial charge in [-0.05, 0) is 18.2 Å². The molecule has 6 heteroatoms. The number of rotatable bonds is 1. The van der Waals surface area contributed by atoms with Gasteiger partial charge in [0.25, 0.3) is 0 Å². The van der Waals surface area contributed by atoms with Gasteiger partial charge in [-0.3, -0.25) is 0 Å². The summed E-state index contributed by atoms with van der Waals surface area (Å²) in [6.45, 7) is 0. The lowest BCUT2D eigenvalue weighted by molar-refractivity contribution is 0.627. The SMILES string of the molecule is O=c1[nH]ncn1-c1ccc(Cl)c(F)c1. The van der Waals surface area contributed by atoms with Gasteiger partial charge in [0.1, 0.15) is 12.1 Å². The second-order valence-corrected chi connectivity index (χ2v) is 3.04. The number of nitrogens with zero attached hydrogens (tertiary/aromatic N) is 2. The average Bonchev–Trinajstić information content (AvgIpc) is 2.57. The maximum Gasteiger partial charge on any atom is 0.347 e. The molecule has 0 spiro atoms. The average molecular weight is 214 g/mol. The zero-order valence-electron chi connectivity index (χ0n) is 6.87. The smallest absolute Gasteiger partial charge is 0.250 e. The summed E-state index contributed by atoms with van der Waals surface area (Å²) in [7, 11) is 0. The number of hydrogen-bond acceptors (Lipinski definition) is 2. The van der Waals surface area contributed by atoms with Crippen molar-refractivity contribution in [1.82, 2.24) is 14.8 Å². The van der Waals surface area contributed by atoms with Crippen LogP contribution in [0.5, 0.6) is 0 Å². The highest BCUT2D eigenvalue weighted by molar-refractivity contribution is 6.30. The largest absolute Gasteiger partial charge is 0.347 e. The summed E-state index contributed by atoms with van der Waals surface area (Å²) >= 11 is 5.50. The van der Waals surface area contributed by atoms with Crippen molar-refractivity contribution in [2.75, 3.05) is 0 Å². The molecule has 1 aromatic carbocycles. The Balaban J connectivity index is 2.59. The summed E-state index contributed by atoms with van der Waals surface area (Å²) in [5.41, 5.74) is -0.0441. The van der Waals surface area contributed by atoms with Crippen molar-refractivity contribution in [3.05, 3.63) is 45.9 Å². The normalized spacial score (nSPS) is 10.4. The Morgan fingerprint density at radius 2 is 2.29 bits per heavy atom. The van der Waals surface area contributed by atoms with Gasteiger partial charge in [0, 0.05) is 0 Å². The van der Waals surface area contributed by atoms with Crippen LogP contribution in [-0.4, -0.2) is 14.8 Å². The molecule has 0 amide bonds. The number of halogens is 2. The quantitative estimate of drug-likeness (QED) is 0.778. The molecular weight excluding hydrogens is 209 g/mol. The molecule has 14 heavy (non-hydrogen) atoms. The van der Waals surface area contributed by atoms with Crippen LogP contribution in [-0.2, 0) is 0 Å². The molecule has 0 radical (unpaired) electrons. The van der Waals surface area contributed by atoms with Crippen LogP contribution in [0.3, 0.4) is 0 Å². The zero-order valence-corrected chi connectivity index (χ0v) is 7.62. The van der Waals surface area contributed by atoms with E-state index in [1.54, 1.807) is 0 Å². The van der Waals surface area contributed by atoms with E-state index in [9.17, 15) is 9.18 Å². The molecule has 4 nitrogen and oxygen atoms in total. The van der Waals surface area contributed by atoms with Crippen LogP contribution in [0.4, 0.5) is 4.39 Å². The molecule has 0 fully saturated rings. The van der Waals surface area contributed by atoms with Gasteiger partial charge in [-0.25, -0.2) is 18.9 Å². The van der Waals surface area contributed by atoms with Gasteiger partial charge in [-0.2, -0.15) is 5.10 Å². The fraction of sp³-hybridized carbons (Fsp3) is 0. The van der Waals surface area contributed by atoms with Gasteiger partial charge in [-0.1, -0.05) is 11.6 Å². The van der Waals surface area contributed by atoms with E-state index in [-0.39, 0.29) is 5.02 Å². The number of aromatic nitrogens is 3. The van der Waals surface area contributed by atoms with Gasteiger partial charge in [0.2, 0.25) is 0 Å². The first-order chi connectivity index (χ1) is 6.68. The number of benzene rings is 1. The second-order valence-electron chi connectivity index (χ2n) is 2.63. The molecule has 0 unspecified atom stereocenters. The molecule has 72 valence electrons. The maximum atomic E-state index is 13.0. The molecule has 0 aliphatic carbocycles. The van der Waals surface area contributed by atoms with Crippen molar-refractivity contribution >= 4 is 11.6 Å². The Hall–Kier alpha value is -1.62. The molecule has 1 N–H and O–H groups in total. The van der Waals surface area contributed by atoms with Crippen molar-refractivity contribution in [2.24, 2.45) is 0 Å². The molecule has 0 aliphatic heterocycles. The van der Waals surface area contributed by atoms with E-state index in [2.05, 4.69) is 10.2 Å². The molecule has 2 rings (SSSR count). The third-order valence-electron chi connectivity index (χ3n) is 1.73. The van der Waals surface area contributed by atoms with Gasteiger partial charge in [0.05, 0.1) is 10.7 Å². The highest BCUT2D eigenvalue weighted by Gasteiger charge is 2.04. The molecule has 0 saturated carbocycles. The Morgan fingerprint density at radius 1 is 1.50 bits per heavy atom. The molecule has 0 bridgehead atoms. The first-order valence-corrected chi connectivity index (χ1v) is 4.14. The fourth-order valence-electron chi connectivity index (χ4n) is 1.07. The minimum atomic E-state index is -0.572. The van der Waals surface area contributed by atoms with Crippen molar-refractivity contribution < 1.29 is 4.39 Å². The van der Waals surface area contributed by atoms with Crippen LogP contribution >= 0.6 is 11.6 Å². The second kappa shape index (κ2) is 3.26. The minimum Gasteiger partial charge on any atom is -0.250 e. The molecule has 0 aliphatic rings. The van der Waals surface area contributed by atoms with E-state index in [4.69, 9.17) is 11.6 Å². The number of nitrogens with one attached hydrogen (secondary N) is 1. The van der Waals surface area contributed by atoms with Crippen LogP contribution in [0, 0.1) is 5.82 Å². The number of hydrogen-bond donors (Lipinski definition) is 1. The van der Waals surface area contributed by atoms with Gasteiger partial charge >= 0.3 is 5.69 Å². The Morgan fingerprint density at radius 3 is 2.86 bits per heavy atom. The summed E-state index contributed by atoms with van der Waals surface area (Å²) < 4.78 is 14.2. The van der Waals surface area contributed by atoms with Gasteiger partial charge in [0.15, 0.2) is 0 Å². The van der Waals surface area contributed by atoms with Crippen molar-refractivity contribution in [3.8, 4) is 5.69 Å². The van der Waals surface area contributed by atoms with E-state index in [1.807, 2.05) is 0 Å². The van der Waals surface area contributed by atoms with E-state index >= 15 is 0 Å². The Bertz CT molecular complexity index is 519. The highest BCUT2D eigenvalue weighted by Crippen LogP contribution is 2.16. The maximum absolute atomic E-state index is 13.0. The Labute approximate surface area is 82.9 Å². The topological polar surface area (TPSA) is 50.7 Å². The standard InChI is InChI=1S/C8H5ClFN3O/c9-6-2-1-5(3-7(6)10)13-4-11-12-8(13)14/h1-4H,(H,12,14). The first kappa shape index (κ1) is 8.96. The van der Waals surface area contributed by atoms with Crippen LogP contribution in [0.25, 0.3) is 5.69 Å². The first-order valence-electron chi connectivity index (χ1n) is 3.76. The van der Waals surface area contributed by atoms with Crippen LogP contribution in [0.1, 0.15) is 0 Å². The van der Waals surface area contributed by atoms with Crippen LogP contribution < -0.4 is 5.69 Å². The fourth-order valence-corrected chi connectivity index (χ4v) is 1.18. The predicted octanol–water partition coefficient (Wildman–Crippen LogP) is 1.35. The minimum absolute atomic E-state index is 0.0188. The third kappa shape index (κ3) is 1.42. The van der Waals surface area contributed by atoms with Crippen molar-refractivity contribution in [2.45, 2.75) is 0 Å². The summed E-state index contributed by atoms with van der Waals surface area (Å²) in [5, 5.41) is 5.74. The van der Waals surface area contributed by atoms with E-state index in [1.165, 1.54) is 29.1 Å². The molecule has 1 heterocycles. The molecule has 0 atom stereocenters. The highest BCUT2D eigenvalue weighted by atomic mass is 35.5. The predicted molar refractivity (Wildman–Crippen MR) is 49.2 cm³/mol. The van der Waals surface area contributed by atoms with Gasteiger partial charge < -0.3 is 0 Å². The van der Waals surface area contributed by atoms with Crippen molar-refractivity contribution in [1.29, 1.82) is 0 Å². The number of aromatic amines is 1. The van der Waals surface area contributed by atoms with Gasteiger partial charge in [-0.15, -0.1) is 0 Å². The lowest BCUT2D eigenvalue weighted by atomic mass is 10.3. The summed E-state index contributed by atoms with van der Waals surface area (Å²) in [6.07, 6.45) is 1.27. The lowest BCUT2D eigenvalue weighted by Crippen LogP contribution is -2.14. The van der Waals surface area contributed by atoms with E-state index < -0.39 is 11.5 Å². The summed E-state index contributed by atoms with van der Waals surface area (Å²) in [5.74, 6) is -0.572.